The minimum atomic E-state index is -4.45. The number of aromatic nitrogens is 1. The summed E-state index contributed by atoms with van der Waals surface area (Å²) in [7, 11) is 0. The molecule has 1 saturated carbocycles. The lowest BCUT2D eigenvalue weighted by Crippen LogP contribution is -2.51. The molecule has 2 aromatic rings. The Kier molecular flexibility index (Phi) is 5.82. The lowest BCUT2D eigenvalue weighted by molar-refractivity contribution is -0.138. The fraction of sp³-hybridized carbons (Fsp3) is 0.536. The zero-order valence-corrected chi connectivity index (χ0v) is 20.9. The largest absolute Gasteiger partial charge is 0.417 e. The Morgan fingerprint density at radius 1 is 1.11 bits per heavy atom. The Bertz CT molecular complexity index is 1210. The Morgan fingerprint density at radius 3 is 2.54 bits per heavy atom. The van der Waals surface area contributed by atoms with E-state index in [1.54, 1.807) is 0 Å². The SMILES string of the molecule is CC1C2Cc3ncc(C(F)(F)F)cc3CN2C(=O)C12CCC(N1CCN(C(=O)c3ccccc3)CC1)C2. The monoisotopic (exact) mass is 512 g/mol. The van der Waals surface area contributed by atoms with Crippen molar-refractivity contribution >= 4 is 11.8 Å². The summed E-state index contributed by atoms with van der Waals surface area (Å²) in [4.78, 5) is 36.9. The maximum atomic E-state index is 13.8. The molecule has 4 atom stereocenters. The molecule has 0 N–H and O–H groups in total. The lowest BCUT2D eigenvalue weighted by atomic mass is 9.73. The molecule has 37 heavy (non-hydrogen) atoms. The second kappa shape index (κ2) is 8.82. The molecular weight excluding hydrogens is 481 g/mol. The van der Waals surface area contributed by atoms with Gasteiger partial charge in [-0.3, -0.25) is 19.5 Å². The van der Waals surface area contributed by atoms with Gasteiger partial charge in [0.1, 0.15) is 0 Å². The van der Waals surface area contributed by atoms with Crippen LogP contribution in [0.4, 0.5) is 13.2 Å². The van der Waals surface area contributed by atoms with Crippen molar-refractivity contribution in [3.8, 4) is 0 Å². The molecule has 3 fully saturated rings. The molecular formula is C28H31F3N4O2. The molecule has 4 heterocycles. The number of carbonyl (C=O) groups excluding carboxylic acids is 2. The summed E-state index contributed by atoms with van der Waals surface area (Å²) in [5, 5.41) is 0. The summed E-state index contributed by atoms with van der Waals surface area (Å²) >= 11 is 0. The molecule has 2 amide bonds. The van der Waals surface area contributed by atoms with Gasteiger partial charge in [0.05, 0.1) is 11.0 Å². The lowest BCUT2D eigenvalue weighted by Gasteiger charge is -2.39. The van der Waals surface area contributed by atoms with Gasteiger partial charge in [0.25, 0.3) is 5.91 Å². The number of alkyl halides is 3. The third-order valence-electron chi connectivity index (χ3n) is 9.33. The molecule has 196 valence electrons. The van der Waals surface area contributed by atoms with Crippen LogP contribution in [0, 0.1) is 11.3 Å². The molecule has 0 bridgehead atoms. The van der Waals surface area contributed by atoms with Gasteiger partial charge >= 0.3 is 6.18 Å². The maximum Gasteiger partial charge on any atom is 0.417 e. The highest BCUT2D eigenvalue weighted by Gasteiger charge is 2.61. The van der Waals surface area contributed by atoms with Crippen molar-refractivity contribution in [1.82, 2.24) is 19.7 Å². The third kappa shape index (κ3) is 4.02. The number of nitrogens with zero attached hydrogens (tertiary/aromatic N) is 4. The Hall–Kier alpha value is -2.94. The van der Waals surface area contributed by atoms with Crippen LogP contribution in [0.15, 0.2) is 42.6 Å². The smallest absolute Gasteiger partial charge is 0.336 e. The van der Waals surface area contributed by atoms with Gasteiger partial charge in [-0.05, 0) is 48.9 Å². The summed E-state index contributed by atoms with van der Waals surface area (Å²) in [6, 6.07) is 10.7. The number of carbonyl (C=O) groups is 2. The van der Waals surface area contributed by atoms with Crippen molar-refractivity contribution in [3.63, 3.8) is 0 Å². The topological polar surface area (TPSA) is 56.8 Å². The van der Waals surface area contributed by atoms with Crippen LogP contribution in [0.2, 0.25) is 0 Å². The molecule has 0 radical (unpaired) electrons. The van der Waals surface area contributed by atoms with Gasteiger partial charge in [-0.2, -0.15) is 13.2 Å². The highest BCUT2D eigenvalue weighted by molar-refractivity contribution is 5.94. The first-order valence-corrected chi connectivity index (χ1v) is 13.1. The van der Waals surface area contributed by atoms with E-state index in [2.05, 4.69) is 16.8 Å². The van der Waals surface area contributed by atoms with Crippen LogP contribution in [0.5, 0.6) is 0 Å². The van der Waals surface area contributed by atoms with Crippen LogP contribution in [0.3, 0.4) is 0 Å². The summed E-state index contributed by atoms with van der Waals surface area (Å²) in [5.41, 5.74) is 0.666. The van der Waals surface area contributed by atoms with Crippen molar-refractivity contribution in [2.24, 2.45) is 11.3 Å². The van der Waals surface area contributed by atoms with Crippen LogP contribution >= 0.6 is 0 Å². The molecule has 1 aromatic carbocycles. The van der Waals surface area contributed by atoms with Gasteiger partial charge in [0.2, 0.25) is 5.91 Å². The molecule has 3 aliphatic heterocycles. The normalized spacial score (nSPS) is 30.1. The zero-order chi connectivity index (χ0) is 25.9. The van der Waals surface area contributed by atoms with Gasteiger partial charge in [0.15, 0.2) is 0 Å². The molecule has 2 saturated heterocycles. The molecule has 4 aliphatic rings. The number of hydrogen-bond acceptors (Lipinski definition) is 4. The highest BCUT2D eigenvalue weighted by Crippen LogP contribution is 2.55. The summed E-state index contributed by atoms with van der Waals surface area (Å²) < 4.78 is 39.7. The molecule has 1 aromatic heterocycles. The van der Waals surface area contributed by atoms with Crippen molar-refractivity contribution in [1.29, 1.82) is 0 Å². The number of rotatable bonds is 2. The maximum absolute atomic E-state index is 13.8. The van der Waals surface area contributed by atoms with E-state index in [4.69, 9.17) is 0 Å². The molecule has 9 heteroatoms. The summed E-state index contributed by atoms with van der Waals surface area (Å²) in [6.07, 6.45) is -0.536. The molecule has 1 spiro atoms. The number of fused-ring (bicyclic) bond motifs is 2. The number of pyridine rings is 1. The average molecular weight is 513 g/mol. The van der Waals surface area contributed by atoms with Crippen molar-refractivity contribution in [2.45, 2.75) is 57.4 Å². The van der Waals surface area contributed by atoms with E-state index in [0.717, 1.165) is 44.6 Å². The summed E-state index contributed by atoms with van der Waals surface area (Å²) in [5.74, 6) is 0.262. The van der Waals surface area contributed by atoms with Gasteiger partial charge < -0.3 is 9.80 Å². The molecule has 6 nitrogen and oxygen atoms in total. The quantitative estimate of drug-likeness (QED) is 0.611. The van der Waals surface area contributed by atoms with E-state index in [9.17, 15) is 22.8 Å². The van der Waals surface area contributed by atoms with E-state index < -0.39 is 17.2 Å². The zero-order valence-electron chi connectivity index (χ0n) is 20.9. The van der Waals surface area contributed by atoms with Crippen LogP contribution in [0.25, 0.3) is 0 Å². The second-order valence-electron chi connectivity index (χ2n) is 11.1. The second-order valence-corrected chi connectivity index (χ2v) is 11.1. The standard InChI is InChI=1S/C28H31F3N4O2/c1-18-24-14-23-20(13-21(16-32-23)28(29,30)31)17-35(24)26(37)27(18)8-7-22(15-27)33-9-11-34(12-10-33)25(36)19-5-3-2-4-6-19/h2-6,13,16,18,22,24H,7-12,14-15,17H2,1H3. The predicted molar refractivity (Wildman–Crippen MR) is 130 cm³/mol. The Labute approximate surface area is 214 Å². The van der Waals surface area contributed by atoms with Crippen LogP contribution in [0.1, 0.15) is 53.4 Å². The number of hydrogen-bond donors (Lipinski definition) is 0. The number of amides is 2. The van der Waals surface area contributed by atoms with Crippen LogP contribution < -0.4 is 0 Å². The Morgan fingerprint density at radius 2 is 1.84 bits per heavy atom. The van der Waals surface area contributed by atoms with Crippen LogP contribution in [-0.4, -0.2) is 69.8 Å². The van der Waals surface area contributed by atoms with Crippen molar-refractivity contribution < 1.29 is 22.8 Å². The van der Waals surface area contributed by atoms with Gasteiger partial charge in [-0.25, -0.2) is 0 Å². The van der Waals surface area contributed by atoms with Crippen LogP contribution in [-0.2, 0) is 23.9 Å². The summed E-state index contributed by atoms with van der Waals surface area (Å²) in [6.45, 7) is 5.23. The van der Waals surface area contributed by atoms with E-state index in [-0.39, 0.29) is 36.4 Å². The van der Waals surface area contributed by atoms with E-state index in [1.807, 2.05) is 40.1 Å². The minimum absolute atomic E-state index is 0.0247. The van der Waals surface area contributed by atoms with Gasteiger partial charge in [-0.1, -0.05) is 25.1 Å². The molecule has 1 aliphatic carbocycles. The van der Waals surface area contributed by atoms with Gasteiger partial charge in [-0.15, -0.1) is 0 Å². The average Bonchev–Trinajstić information content (AvgIpc) is 3.44. The fourth-order valence-corrected chi connectivity index (χ4v) is 7.16. The number of benzene rings is 1. The highest BCUT2D eigenvalue weighted by atomic mass is 19.4. The van der Waals surface area contributed by atoms with E-state index >= 15 is 0 Å². The first-order chi connectivity index (χ1) is 17.7. The third-order valence-corrected chi connectivity index (χ3v) is 9.33. The van der Waals surface area contributed by atoms with Gasteiger partial charge in [0, 0.05) is 68.7 Å². The Balaban J connectivity index is 1.13. The first kappa shape index (κ1) is 24.4. The number of piperazine rings is 1. The predicted octanol–water partition coefficient (Wildman–Crippen LogP) is 4.00. The molecule has 6 rings (SSSR count). The van der Waals surface area contributed by atoms with E-state index in [0.29, 0.717) is 36.3 Å². The minimum Gasteiger partial charge on any atom is -0.336 e. The first-order valence-electron chi connectivity index (χ1n) is 13.1. The molecule has 4 unspecified atom stereocenters. The van der Waals surface area contributed by atoms with E-state index in [1.165, 1.54) is 0 Å². The number of halogens is 3. The van der Waals surface area contributed by atoms with Crippen molar-refractivity contribution in [2.75, 3.05) is 26.2 Å². The van der Waals surface area contributed by atoms with Crippen molar-refractivity contribution in [3.05, 3.63) is 65.0 Å². The fourth-order valence-electron chi connectivity index (χ4n) is 7.16.